The van der Waals surface area contributed by atoms with Crippen LogP contribution in [0.2, 0.25) is 5.02 Å². The summed E-state index contributed by atoms with van der Waals surface area (Å²) in [5.74, 6) is 1.15. The summed E-state index contributed by atoms with van der Waals surface area (Å²) in [7, 11) is 0. The normalized spacial score (nSPS) is 16.5. The monoisotopic (exact) mass is 424 g/mol. The number of amides is 1. The fourth-order valence-electron chi connectivity index (χ4n) is 3.72. The molecule has 1 aliphatic rings. The van der Waals surface area contributed by atoms with E-state index in [1.54, 1.807) is 10.9 Å². The number of hydrogen-bond donors (Lipinski definition) is 0. The van der Waals surface area contributed by atoms with Crippen LogP contribution in [0.1, 0.15) is 34.5 Å². The molecule has 6 nitrogen and oxygen atoms in total. The third-order valence-corrected chi connectivity index (χ3v) is 5.64. The summed E-state index contributed by atoms with van der Waals surface area (Å²) in [5.41, 5.74) is 2.55. The minimum atomic E-state index is -0.0713. The van der Waals surface area contributed by atoms with Gasteiger partial charge in [0.1, 0.15) is 5.75 Å². The molecule has 3 aromatic rings. The number of benzene rings is 2. The number of halogens is 1. The van der Waals surface area contributed by atoms with Crippen molar-refractivity contribution in [2.45, 2.75) is 26.3 Å². The molecule has 7 heteroatoms. The molecule has 0 N–H and O–H groups in total. The van der Waals surface area contributed by atoms with Crippen LogP contribution in [-0.2, 0) is 6.54 Å². The molecule has 1 amide bonds. The average Bonchev–Trinajstić information content (AvgIpc) is 3.23. The summed E-state index contributed by atoms with van der Waals surface area (Å²) in [6.07, 6.45) is 3.73. The smallest absolute Gasteiger partial charge is 0.276 e. The van der Waals surface area contributed by atoms with Gasteiger partial charge in [0.25, 0.3) is 5.91 Å². The quantitative estimate of drug-likeness (QED) is 0.594. The molecule has 156 valence electrons. The number of hydrogen-bond acceptors (Lipinski definition) is 4. The van der Waals surface area contributed by atoms with E-state index in [-0.39, 0.29) is 5.91 Å². The molecule has 1 aromatic heterocycles. The van der Waals surface area contributed by atoms with Gasteiger partial charge in [0.15, 0.2) is 5.69 Å². The lowest BCUT2D eigenvalue weighted by atomic mass is 9.98. The molecule has 0 radical (unpaired) electrons. The van der Waals surface area contributed by atoms with E-state index in [2.05, 4.69) is 10.3 Å². The molecule has 30 heavy (non-hydrogen) atoms. The van der Waals surface area contributed by atoms with Gasteiger partial charge in [-0.1, -0.05) is 47.1 Å². The van der Waals surface area contributed by atoms with E-state index < -0.39 is 0 Å². The summed E-state index contributed by atoms with van der Waals surface area (Å²) in [6.45, 7) is 4.61. The summed E-state index contributed by atoms with van der Waals surface area (Å²) in [6, 6.07) is 15.6. The fraction of sp³-hybridized carbons (Fsp3) is 0.348. The van der Waals surface area contributed by atoms with E-state index in [0.717, 1.165) is 36.3 Å². The zero-order valence-corrected chi connectivity index (χ0v) is 17.8. The van der Waals surface area contributed by atoms with Crippen molar-refractivity contribution in [3.63, 3.8) is 0 Å². The Morgan fingerprint density at radius 3 is 2.80 bits per heavy atom. The second-order valence-corrected chi connectivity index (χ2v) is 8.20. The Kier molecular flexibility index (Phi) is 6.33. The van der Waals surface area contributed by atoms with Gasteiger partial charge in [0.2, 0.25) is 0 Å². The molecule has 1 atom stereocenters. The molecule has 2 heterocycles. The number of aryl methyl sites for hydroxylation is 1. The van der Waals surface area contributed by atoms with Gasteiger partial charge in [-0.2, -0.15) is 0 Å². The van der Waals surface area contributed by atoms with Crippen molar-refractivity contribution in [3.05, 3.63) is 76.6 Å². The SMILES string of the molecule is Cc1ccccc1OC[C@H]1CCCN(C(=O)c2cn(Cc3ccc(Cl)cc3)nn2)C1. The van der Waals surface area contributed by atoms with Gasteiger partial charge >= 0.3 is 0 Å². The number of likely N-dealkylation sites (tertiary alicyclic amines) is 1. The van der Waals surface area contributed by atoms with E-state index in [0.29, 0.717) is 36.3 Å². The number of carbonyl (C=O) groups excluding carboxylic acids is 1. The standard InChI is InChI=1S/C23H25ClN4O2/c1-17-5-2-3-7-22(17)30-16-19-6-4-12-27(13-19)23(29)21-15-28(26-25-21)14-18-8-10-20(24)11-9-18/h2-3,5,7-11,15,19H,4,6,12-14,16H2,1H3/t19-/m0/s1. The van der Waals surface area contributed by atoms with Crippen LogP contribution < -0.4 is 4.74 Å². The van der Waals surface area contributed by atoms with Gasteiger partial charge in [0.05, 0.1) is 19.3 Å². The first-order chi connectivity index (χ1) is 14.6. The number of carbonyl (C=O) groups is 1. The van der Waals surface area contributed by atoms with Crippen molar-refractivity contribution in [1.29, 1.82) is 0 Å². The molecule has 0 saturated carbocycles. The largest absolute Gasteiger partial charge is 0.493 e. The Labute approximate surface area is 181 Å². The molecule has 2 aromatic carbocycles. The molecule has 0 unspecified atom stereocenters. The second kappa shape index (κ2) is 9.30. The van der Waals surface area contributed by atoms with Gasteiger partial charge in [0, 0.05) is 24.0 Å². The molecule has 0 aliphatic carbocycles. The number of ether oxygens (including phenoxy) is 1. The minimum absolute atomic E-state index is 0.0713. The molecule has 1 saturated heterocycles. The maximum atomic E-state index is 12.9. The predicted octanol–water partition coefficient (Wildman–Crippen LogP) is 4.22. The number of nitrogens with zero attached hydrogens (tertiary/aromatic N) is 4. The van der Waals surface area contributed by atoms with Crippen LogP contribution in [0.4, 0.5) is 0 Å². The number of rotatable bonds is 6. The van der Waals surface area contributed by atoms with Crippen molar-refractivity contribution < 1.29 is 9.53 Å². The number of piperidine rings is 1. The van der Waals surface area contributed by atoms with Crippen molar-refractivity contribution in [2.24, 2.45) is 5.92 Å². The van der Waals surface area contributed by atoms with E-state index in [1.165, 1.54) is 0 Å². The van der Waals surface area contributed by atoms with Crippen LogP contribution >= 0.6 is 11.6 Å². The van der Waals surface area contributed by atoms with Crippen molar-refractivity contribution >= 4 is 17.5 Å². The second-order valence-electron chi connectivity index (χ2n) is 7.76. The van der Waals surface area contributed by atoms with Crippen LogP contribution in [0, 0.1) is 12.8 Å². The van der Waals surface area contributed by atoms with Crippen molar-refractivity contribution in [3.8, 4) is 5.75 Å². The highest BCUT2D eigenvalue weighted by molar-refractivity contribution is 6.30. The third-order valence-electron chi connectivity index (χ3n) is 5.39. The van der Waals surface area contributed by atoms with Gasteiger partial charge in [-0.25, -0.2) is 4.68 Å². The Balaban J connectivity index is 1.34. The molecular formula is C23H25ClN4O2. The minimum Gasteiger partial charge on any atom is -0.493 e. The molecule has 1 aliphatic heterocycles. The van der Waals surface area contributed by atoms with Crippen molar-refractivity contribution in [2.75, 3.05) is 19.7 Å². The maximum Gasteiger partial charge on any atom is 0.276 e. The third kappa shape index (κ3) is 5.00. The number of para-hydroxylation sites is 1. The fourth-order valence-corrected chi connectivity index (χ4v) is 3.85. The zero-order valence-electron chi connectivity index (χ0n) is 17.0. The zero-order chi connectivity index (χ0) is 20.9. The lowest BCUT2D eigenvalue weighted by Crippen LogP contribution is -2.41. The summed E-state index contributed by atoms with van der Waals surface area (Å²) >= 11 is 5.93. The molecule has 4 rings (SSSR count). The average molecular weight is 425 g/mol. The van der Waals surface area contributed by atoms with Crippen LogP contribution in [0.15, 0.2) is 54.7 Å². The highest BCUT2D eigenvalue weighted by Crippen LogP contribution is 2.22. The van der Waals surface area contributed by atoms with E-state index in [9.17, 15) is 4.79 Å². The van der Waals surface area contributed by atoms with Crippen LogP contribution in [-0.4, -0.2) is 45.5 Å². The molecule has 1 fully saturated rings. The lowest BCUT2D eigenvalue weighted by molar-refractivity contribution is 0.0627. The van der Waals surface area contributed by atoms with Crippen molar-refractivity contribution in [1.82, 2.24) is 19.9 Å². The van der Waals surface area contributed by atoms with Gasteiger partial charge < -0.3 is 9.64 Å². The van der Waals surface area contributed by atoms with Gasteiger partial charge in [-0.15, -0.1) is 5.10 Å². The Hall–Kier alpha value is -2.86. The Bertz CT molecular complexity index is 1000. The Morgan fingerprint density at radius 2 is 2.00 bits per heavy atom. The van der Waals surface area contributed by atoms with Gasteiger partial charge in [-0.05, 0) is 49.1 Å². The summed E-state index contributed by atoms with van der Waals surface area (Å²) in [5, 5.41) is 8.91. The van der Waals surface area contributed by atoms with E-state index >= 15 is 0 Å². The summed E-state index contributed by atoms with van der Waals surface area (Å²) in [4.78, 5) is 14.8. The molecular weight excluding hydrogens is 400 g/mol. The first-order valence-electron chi connectivity index (χ1n) is 10.2. The molecule has 0 bridgehead atoms. The summed E-state index contributed by atoms with van der Waals surface area (Å²) < 4.78 is 7.69. The van der Waals surface area contributed by atoms with Crippen LogP contribution in [0.25, 0.3) is 0 Å². The van der Waals surface area contributed by atoms with E-state index in [1.807, 2.05) is 60.4 Å². The van der Waals surface area contributed by atoms with Crippen LogP contribution in [0.5, 0.6) is 5.75 Å². The first kappa shape index (κ1) is 20.4. The highest BCUT2D eigenvalue weighted by atomic mass is 35.5. The topological polar surface area (TPSA) is 60.2 Å². The molecule has 0 spiro atoms. The highest BCUT2D eigenvalue weighted by Gasteiger charge is 2.26. The predicted molar refractivity (Wildman–Crippen MR) is 116 cm³/mol. The lowest BCUT2D eigenvalue weighted by Gasteiger charge is -2.32. The number of aromatic nitrogens is 3. The van der Waals surface area contributed by atoms with Gasteiger partial charge in [-0.3, -0.25) is 4.79 Å². The van der Waals surface area contributed by atoms with Crippen LogP contribution in [0.3, 0.4) is 0 Å². The van der Waals surface area contributed by atoms with E-state index in [4.69, 9.17) is 16.3 Å². The first-order valence-corrected chi connectivity index (χ1v) is 10.6. The maximum absolute atomic E-state index is 12.9. The Morgan fingerprint density at radius 1 is 1.20 bits per heavy atom.